The fraction of sp³-hybridized carbons (Fsp3) is 0.500. The van der Waals surface area contributed by atoms with Gasteiger partial charge in [0.15, 0.2) is 0 Å². The highest BCUT2D eigenvalue weighted by Crippen LogP contribution is 2.22. The monoisotopic (exact) mass is 261 g/mol. The van der Waals surface area contributed by atoms with Gasteiger partial charge in [0.1, 0.15) is 0 Å². The van der Waals surface area contributed by atoms with E-state index >= 15 is 0 Å². The molecule has 3 nitrogen and oxygen atoms in total. The maximum absolute atomic E-state index is 4.30. The second-order valence-corrected chi connectivity index (χ2v) is 5.93. The molecule has 18 heavy (non-hydrogen) atoms. The van der Waals surface area contributed by atoms with Crippen LogP contribution in [0, 0.1) is 0 Å². The number of aromatic nitrogens is 1. The number of piperidine rings is 1. The summed E-state index contributed by atoms with van der Waals surface area (Å²) in [7, 11) is 2.23. The van der Waals surface area contributed by atoms with Gasteiger partial charge in [0.25, 0.3) is 0 Å². The second-order valence-electron chi connectivity index (χ2n) is 5.05. The third kappa shape index (κ3) is 2.49. The average Bonchev–Trinajstić information content (AvgIpc) is 2.85. The molecule has 1 unspecified atom stereocenters. The van der Waals surface area contributed by atoms with Gasteiger partial charge < -0.3 is 10.2 Å². The van der Waals surface area contributed by atoms with Crippen molar-refractivity contribution in [2.45, 2.75) is 25.3 Å². The number of likely N-dealkylation sites (tertiary alicyclic amines) is 1. The Bertz CT molecular complexity index is 522. The van der Waals surface area contributed by atoms with Crippen molar-refractivity contribution in [1.82, 2.24) is 9.88 Å². The van der Waals surface area contributed by atoms with Crippen molar-refractivity contribution in [2.75, 3.05) is 25.5 Å². The van der Waals surface area contributed by atoms with E-state index in [0.29, 0.717) is 6.04 Å². The van der Waals surface area contributed by atoms with Gasteiger partial charge in [-0.3, -0.25) is 0 Å². The standard InChI is InChI=1S/C14H19N3S/c1-17-7-3-2-4-12(17)9-15-11-5-6-13-14(8-11)18-10-16-13/h5-6,8,10,12,15H,2-4,7,9H2,1H3. The van der Waals surface area contributed by atoms with E-state index in [0.717, 1.165) is 12.1 Å². The van der Waals surface area contributed by atoms with Gasteiger partial charge in [0.2, 0.25) is 0 Å². The van der Waals surface area contributed by atoms with Crippen LogP contribution in [0.2, 0.25) is 0 Å². The normalized spacial score (nSPS) is 21.3. The Morgan fingerprint density at radius 3 is 3.28 bits per heavy atom. The Kier molecular flexibility index (Phi) is 3.48. The summed E-state index contributed by atoms with van der Waals surface area (Å²) in [5, 5.41) is 3.56. The molecule has 96 valence electrons. The Hall–Kier alpha value is -1.13. The maximum atomic E-state index is 4.30. The number of benzene rings is 1. The van der Waals surface area contributed by atoms with Gasteiger partial charge in [-0.15, -0.1) is 11.3 Å². The highest BCUT2D eigenvalue weighted by molar-refractivity contribution is 7.16. The van der Waals surface area contributed by atoms with Crippen LogP contribution in [0.4, 0.5) is 5.69 Å². The molecular formula is C14H19N3S. The highest BCUT2D eigenvalue weighted by atomic mass is 32.1. The molecule has 3 rings (SSSR count). The predicted octanol–water partition coefficient (Wildman–Crippen LogP) is 3.19. The first-order chi connectivity index (χ1) is 8.83. The van der Waals surface area contributed by atoms with Crippen molar-refractivity contribution < 1.29 is 0 Å². The number of fused-ring (bicyclic) bond motifs is 1. The molecule has 1 aliphatic rings. The zero-order valence-corrected chi connectivity index (χ0v) is 11.5. The zero-order valence-electron chi connectivity index (χ0n) is 10.7. The minimum absolute atomic E-state index is 0.677. The van der Waals surface area contributed by atoms with Crippen LogP contribution >= 0.6 is 11.3 Å². The molecule has 2 heterocycles. The molecule has 1 aromatic heterocycles. The molecule has 0 saturated carbocycles. The van der Waals surface area contributed by atoms with Crippen molar-refractivity contribution in [3.63, 3.8) is 0 Å². The highest BCUT2D eigenvalue weighted by Gasteiger charge is 2.18. The Morgan fingerprint density at radius 2 is 2.39 bits per heavy atom. The topological polar surface area (TPSA) is 28.2 Å². The van der Waals surface area contributed by atoms with E-state index < -0.39 is 0 Å². The molecule has 1 aliphatic heterocycles. The van der Waals surface area contributed by atoms with E-state index in [1.165, 1.54) is 36.2 Å². The lowest BCUT2D eigenvalue weighted by Crippen LogP contribution is -2.40. The number of anilines is 1. The van der Waals surface area contributed by atoms with Crippen LogP contribution in [0.5, 0.6) is 0 Å². The van der Waals surface area contributed by atoms with Crippen LogP contribution in [0.25, 0.3) is 10.2 Å². The van der Waals surface area contributed by atoms with Gasteiger partial charge in [0, 0.05) is 18.3 Å². The molecule has 0 aliphatic carbocycles. The fourth-order valence-electron chi connectivity index (χ4n) is 2.60. The second kappa shape index (κ2) is 5.24. The van der Waals surface area contributed by atoms with E-state index in [2.05, 4.69) is 40.4 Å². The van der Waals surface area contributed by atoms with Gasteiger partial charge in [-0.2, -0.15) is 0 Å². The van der Waals surface area contributed by atoms with Gasteiger partial charge in [-0.1, -0.05) is 6.42 Å². The van der Waals surface area contributed by atoms with E-state index in [1.807, 2.05) is 5.51 Å². The fourth-order valence-corrected chi connectivity index (χ4v) is 3.32. The van der Waals surface area contributed by atoms with Crippen LogP contribution in [0.15, 0.2) is 23.7 Å². The van der Waals surface area contributed by atoms with E-state index in [9.17, 15) is 0 Å². The third-order valence-electron chi connectivity index (χ3n) is 3.79. The van der Waals surface area contributed by atoms with Gasteiger partial charge in [0.05, 0.1) is 15.7 Å². The molecule has 0 bridgehead atoms. The quantitative estimate of drug-likeness (QED) is 0.919. The largest absolute Gasteiger partial charge is 0.383 e. The number of hydrogen-bond donors (Lipinski definition) is 1. The lowest BCUT2D eigenvalue weighted by atomic mass is 10.0. The van der Waals surface area contributed by atoms with Crippen molar-refractivity contribution in [3.05, 3.63) is 23.7 Å². The Morgan fingerprint density at radius 1 is 1.44 bits per heavy atom. The number of likely N-dealkylation sites (N-methyl/N-ethyl adjacent to an activating group) is 1. The Labute approximate surface area is 112 Å². The van der Waals surface area contributed by atoms with Crippen LogP contribution in [0.1, 0.15) is 19.3 Å². The summed E-state index contributed by atoms with van der Waals surface area (Å²) >= 11 is 1.70. The van der Waals surface area contributed by atoms with Crippen LogP contribution in [-0.4, -0.2) is 36.1 Å². The molecule has 0 amide bonds. The summed E-state index contributed by atoms with van der Waals surface area (Å²) < 4.78 is 1.26. The first-order valence-corrected chi connectivity index (χ1v) is 7.48. The molecule has 1 atom stereocenters. The van der Waals surface area contributed by atoms with E-state index in [1.54, 1.807) is 11.3 Å². The smallest absolute Gasteiger partial charge is 0.0813 e. The first-order valence-electron chi connectivity index (χ1n) is 6.60. The molecular weight excluding hydrogens is 242 g/mol. The van der Waals surface area contributed by atoms with Crippen LogP contribution in [-0.2, 0) is 0 Å². The summed E-state index contributed by atoms with van der Waals surface area (Å²) in [5.74, 6) is 0. The van der Waals surface area contributed by atoms with Crippen LogP contribution in [0.3, 0.4) is 0 Å². The minimum atomic E-state index is 0.677. The van der Waals surface area contributed by atoms with Gasteiger partial charge in [-0.25, -0.2) is 4.98 Å². The van der Waals surface area contributed by atoms with Crippen molar-refractivity contribution in [3.8, 4) is 0 Å². The van der Waals surface area contributed by atoms with Crippen molar-refractivity contribution in [2.24, 2.45) is 0 Å². The van der Waals surface area contributed by atoms with Crippen molar-refractivity contribution >= 4 is 27.2 Å². The van der Waals surface area contributed by atoms with E-state index in [-0.39, 0.29) is 0 Å². The summed E-state index contributed by atoms with van der Waals surface area (Å²) in [4.78, 5) is 6.78. The molecule has 1 N–H and O–H groups in total. The maximum Gasteiger partial charge on any atom is 0.0813 e. The summed E-state index contributed by atoms with van der Waals surface area (Å²) in [5.41, 5.74) is 4.22. The molecule has 2 aromatic rings. The van der Waals surface area contributed by atoms with Crippen LogP contribution < -0.4 is 5.32 Å². The minimum Gasteiger partial charge on any atom is -0.383 e. The summed E-state index contributed by atoms with van der Waals surface area (Å²) in [6.45, 7) is 2.28. The van der Waals surface area contributed by atoms with Gasteiger partial charge in [-0.05, 0) is 44.6 Å². The third-order valence-corrected chi connectivity index (χ3v) is 4.59. The predicted molar refractivity (Wildman–Crippen MR) is 78.4 cm³/mol. The number of nitrogens with one attached hydrogen (secondary N) is 1. The SMILES string of the molecule is CN1CCCCC1CNc1ccc2ncsc2c1. The lowest BCUT2D eigenvalue weighted by Gasteiger charge is -2.32. The number of hydrogen-bond acceptors (Lipinski definition) is 4. The molecule has 0 radical (unpaired) electrons. The number of nitrogens with zero attached hydrogens (tertiary/aromatic N) is 2. The lowest BCUT2D eigenvalue weighted by molar-refractivity contribution is 0.194. The number of rotatable bonds is 3. The average molecular weight is 261 g/mol. The molecule has 1 fully saturated rings. The summed E-state index contributed by atoms with van der Waals surface area (Å²) in [6, 6.07) is 7.11. The van der Waals surface area contributed by atoms with Gasteiger partial charge >= 0.3 is 0 Å². The molecule has 4 heteroatoms. The first kappa shape index (κ1) is 11.9. The molecule has 1 saturated heterocycles. The molecule has 1 aromatic carbocycles. The number of thiazole rings is 1. The van der Waals surface area contributed by atoms with E-state index in [4.69, 9.17) is 0 Å². The zero-order chi connectivity index (χ0) is 12.4. The summed E-state index contributed by atoms with van der Waals surface area (Å²) in [6.07, 6.45) is 4.02. The molecule has 0 spiro atoms. The Balaban J connectivity index is 1.65. The van der Waals surface area contributed by atoms with Crippen molar-refractivity contribution in [1.29, 1.82) is 0 Å².